The van der Waals surface area contributed by atoms with Crippen molar-refractivity contribution in [3.63, 3.8) is 0 Å². The first-order valence-electron chi connectivity index (χ1n) is 5.73. The molecule has 86 valence electrons. The second-order valence-electron chi connectivity index (χ2n) is 3.91. The van der Waals surface area contributed by atoms with Crippen LogP contribution < -0.4 is 11.1 Å². The summed E-state index contributed by atoms with van der Waals surface area (Å²) in [5.41, 5.74) is 5.53. The molecule has 0 spiro atoms. The van der Waals surface area contributed by atoms with E-state index in [-0.39, 0.29) is 0 Å². The van der Waals surface area contributed by atoms with E-state index in [1.165, 1.54) is 19.3 Å². The van der Waals surface area contributed by atoms with E-state index in [0.717, 1.165) is 32.7 Å². The van der Waals surface area contributed by atoms with E-state index < -0.39 is 0 Å². The van der Waals surface area contributed by atoms with Gasteiger partial charge in [-0.05, 0) is 45.3 Å². The number of nitrogens with one attached hydrogen (secondary N) is 1. The average Bonchev–Trinajstić information content (AvgIpc) is 2.21. The second kappa shape index (κ2) is 11.0. The van der Waals surface area contributed by atoms with Crippen molar-refractivity contribution in [2.75, 3.05) is 33.4 Å². The van der Waals surface area contributed by atoms with Gasteiger partial charge in [-0.1, -0.05) is 13.3 Å². The maximum Gasteiger partial charge on any atom is 0.0478 e. The van der Waals surface area contributed by atoms with Crippen LogP contribution in [0.15, 0.2) is 0 Å². The minimum absolute atomic E-state index is 0.666. The monoisotopic (exact) mass is 202 g/mol. The first-order valence-corrected chi connectivity index (χ1v) is 5.73. The van der Waals surface area contributed by atoms with E-state index in [9.17, 15) is 0 Å². The van der Waals surface area contributed by atoms with Crippen molar-refractivity contribution in [2.24, 2.45) is 11.7 Å². The van der Waals surface area contributed by atoms with Gasteiger partial charge in [-0.25, -0.2) is 0 Å². The SMILES string of the molecule is CNCCCOCCCCC(C)CN. The summed E-state index contributed by atoms with van der Waals surface area (Å²) in [6.07, 6.45) is 4.75. The molecular formula is C11H26N2O. The smallest absolute Gasteiger partial charge is 0.0478 e. The van der Waals surface area contributed by atoms with Crippen molar-refractivity contribution in [3.8, 4) is 0 Å². The van der Waals surface area contributed by atoms with Crippen LogP contribution in [0.25, 0.3) is 0 Å². The van der Waals surface area contributed by atoms with Crippen LogP contribution in [0.1, 0.15) is 32.6 Å². The molecule has 14 heavy (non-hydrogen) atoms. The fourth-order valence-corrected chi connectivity index (χ4v) is 1.27. The molecule has 1 unspecified atom stereocenters. The van der Waals surface area contributed by atoms with Crippen LogP contribution in [-0.2, 0) is 4.74 Å². The van der Waals surface area contributed by atoms with Crippen molar-refractivity contribution < 1.29 is 4.74 Å². The first-order chi connectivity index (χ1) is 6.81. The summed E-state index contributed by atoms with van der Waals surface area (Å²) in [5, 5.41) is 3.10. The predicted octanol–water partition coefficient (Wildman–Crippen LogP) is 1.38. The summed E-state index contributed by atoms with van der Waals surface area (Å²) < 4.78 is 5.48. The van der Waals surface area contributed by atoms with E-state index in [1.807, 2.05) is 7.05 Å². The highest BCUT2D eigenvalue weighted by Gasteiger charge is 1.97. The summed E-state index contributed by atoms with van der Waals surface area (Å²) >= 11 is 0. The van der Waals surface area contributed by atoms with Gasteiger partial charge in [0.05, 0.1) is 0 Å². The van der Waals surface area contributed by atoms with E-state index in [2.05, 4.69) is 12.2 Å². The lowest BCUT2D eigenvalue weighted by atomic mass is 10.1. The third-order valence-electron chi connectivity index (χ3n) is 2.35. The molecule has 0 aromatic heterocycles. The van der Waals surface area contributed by atoms with Crippen LogP contribution in [-0.4, -0.2) is 33.4 Å². The molecule has 0 aliphatic heterocycles. The van der Waals surface area contributed by atoms with Crippen LogP contribution >= 0.6 is 0 Å². The van der Waals surface area contributed by atoms with Crippen LogP contribution in [0, 0.1) is 5.92 Å². The average molecular weight is 202 g/mol. The molecule has 0 bridgehead atoms. The highest BCUT2D eigenvalue weighted by Crippen LogP contribution is 2.05. The van der Waals surface area contributed by atoms with Gasteiger partial charge >= 0.3 is 0 Å². The topological polar surface area (TPSA) is 47.3 Å². The van der Waals surface area contributed by atoms with Crippen LogP contribution in [0.3, 0.4) is 0 Å². The van der Waals surface area contributed by atoms with Crippen molar-refractivity contribution in [2.45, 2.75) is 32.6 Å². The van der Waals surface area contributed by atoms with Gasteiger partial charge < -0.3 is 15.8 Å². The third kappa shape index (κ3) is 9.96. The fourth-order valence-electron chi connectivity index (χ4n) is 1.27. The van der Waals surface area contributed by atoms with Crippen LogP contribution in [0.5, 0.6) is 0 Å². The molecule has 0 saturated heterocycles. The summed E-state index contributed by atoms with van der Waals surface area (Å²) in [5.74, 6) is 0.666. The lowest BCUT2D eigenvalue weighted by molar-refractivity contribution is 0.127. The molecule has 3 nitrogen and oxygen atoms in total. The lowest BCUT2D eigenvalue weighted by Crippen LogP contribution is -2.11. The largest absolute Gasteiger partial charge is 0.381 e. The summed E-state index contributed by atoms with van der Waals surface area (Å²) in [7, 11) is 1.97. The molecule has 0 fully saturated rings. The number of nitrogens with two attached hydrogens (primary N) is 1. The maximum atomic E-state index is 5.53. The Bertz CT molecular complexity index is 109. The molecule has 0 amide bonds. The molecule has 0 heterocycles. The van der Waals surface area contributed by atoms with E-state index in [0.29, 0.717) is 5.92 Å². The van der Waals surface area contributed by atoms with Gasteiger partial charge in [0.1, 0.15) is 0 Å². The highest BCUT2D eigenvalue weighted by atomic mass is 16.5. The molecular weight excluding hydrogens is 176 g/mol. The van der Waals surface area contributed by atoms with Crippen molar-refractivity contribution in [3.05, 3.63) is 0 Å². The zero-order valence-corrected chi connectivity index (χ0v) is 9.72. The van der Waals surface area contributed by atoms with Crippen LogP contribution in [0.2, 0.25) is 0 Å². The molecule has 1 atom stereocenters. The minimum Gasteiger partial charge on any atom is -0.381 e. The standard InChI is InChI=1S/C11H26N2O/c1-11(10-12)6-3-4-8-14-9-5-7-13-2/h11,13H,3-10,12H2,1-2H3. The number of unbranched alkanes of at least 4 members (excludes halogenated alkanes) is 1. The summed E-state index contributed by atoms with van der Waals surface area (Å²) in [6, 6.07) is 0. The van der Waals surface area contributed by atoms with E-state index in [4.69, 9.17) is 10.5 Å². The van der Waals surface area contributed by atoms with Crippen LogP contribution in [0.4, 0.5) is 0 Å². The number of rotatable bonds is 10. The lowest BCUT2D eigenvalue weighted by Gasteiger charge is -2.07. The molecule has 0 aliphatic rings. The Morgan fingerprint density at radius 2 is 1.93 bits per heavy atom. The zero-order valence-electron chi connectivity index (χ0n) is 9.72. The number of hydrogen-bond donors (Lipinski definition) is 2. The normalized spacial score (nSPS) is 13.1. The molecule has 0 saturated carbocycles. The molecule has 0 radical (unpaired) electrons. The Morgan fingerprint density at radius 1 is 1.21 bits per heavy atom. The van der Waals surface area contributed by atoms with Crippen molar-refractivity contribution >= 4 is 0 Å². The van der Waals surface area contributed by atoms with E-state index in [1.54, 1.807) is 0 Å². The summed E-state index contributed by atoms with van der Waals surface area (Å²) in [4.78, 5) is 0. The van der Waals surface area contributed by atoms with Gasteiger partial charge in [-0.15, -0.1) is 0 Å². The Morgan fingerprint density at radius 3 is 2.57 bits per heavy atom. The molecule has 0 aromatic carbocycles. The number of ether oxygens (including phenoxy) is 1. The van der Waals surface area contributed by atoms with E-state index >= 15 is 0 Å². The van der Waals surface area contributed by atoms with Crippen molar-refractivity contribution in [1.29, 1.82) is 0 Å². The first kappa shape index (κ1) is 13.9. The molecule has 3 heteroatoms. The molecule has 0 rings (SSSR count). The fraction of sp³-hybridized carbons (Fsp3) is 1.00. The number of hydrogen-bond acceptors (Lipinski definition) is 3. The minimum atomic E-state index is 0.666. The van der Waals surface area contributed by atoms with Gasteiger partial charge in [0, 0.05) is 13.2 Å². The van der Waals surface area contributed by atoms with Gasteiger partial charge in [-0.2, -0.15) is 0 Å². The Labute approximate surface area is 88.4 Å². The molecule has 0 aromatic rings. The Hall–Kier alpha value is -0.120. The second-order valence-corrected chi connectivity index (χ2v) is 3.91. The van der Waals surface area contributed by atoms with Gasteiger partial charge in [0.2, 0.25) is 0 Å². The molecule has 0 aliphatic carbocycles. The Kier molecular flexibility index (Phi) is 10.9. The summed E-state index contributed by atoms with van der Waals surface area (Å²) in [6.45, 7) is 5.84. The third-order valence-corrected chi connectivity index (χ3v) is 2.35. The van der Waals surface area contributed by atoms with Gasteiger partial charge in [-0.3, -0.25) is 0 Å². The van der Waals surface area contributed by atoms with Crippen molar-refractivity contribution in [1.82, 2.24) is 5.32 Å². The Balaban J connectivity index is 2.92. The van der Waals surface area contributed by atoms with Gasteiger partial charge in [0.15, 0.2) is 0 Å². The predicted molar refractivity (Wildman–Crippen MR) is 61.4 cm³/mol. The molecule has 3 N–H and O–H groups in total. The maximum absolute atomic E-state index is 5.53. The quantitative estimate of drug-likeness (QED) is 0.526. The van der Waals surface area contributed by atoms with Gasteiger partial charge in [0.25, 0.3) is 0 Å². The highest BCUT2D eigenvalue weighted by molar-refractivity contribution is 4.52. The zero-order chi connectivity index (χ0) is 10.6.